The number of carbonyl (C=O) groups is 1. The van der Waals surface area contributed by atoms with Crippen molar-refractivity contribution in [1.29, 1.82) is 0 Å². The number of aliphatic hydroxyl groups is 1. The van der Waals surface area contributed by atoms with Gasteiger partial charge in [0.05, 0.1) is 31.4 Å². The number of carboxylic acids is 1. The second-order valence-corrected chi connectivity index (χ2v) is 10.6. The van der Waals surface area contributed by atoms with Gasteiger partial charge in [0.25, 0.3) is 0 Å². The molecule has 2 aliphatic rings. The number of halogens is 1. The number of methoxy groups -OCH3 is 2. The van der Waals surface area contributed by atoms with E-state index in [1.165, 1.54) is 20.2 Å². The van der Waals surface area contributed by atoms with E-state index in [2.05, 4.69) is 16.0 Å². The van der Waals surface area contributed by atoms with E-state index >= 15 is 0 Å². The van der Waals surface area contributed by atoms with Gasteiger partial charge in [0.15, 0.2) is 0 Å². The molecule has 0 aliphatic carbocycles. The molecule has 0 radical (unpaired) electrons. The van der Waals surface area contributed by atoms with E-state index in [9.17, 15) is 19.4 Å². The fourth-order valence-corrected chi connectivity index (χ4v) is 5.55. The van der Waals surface area contributed by atoms with Crippen molar-refractivity contribution in [3.8, 4) is 22.8 Å². The number of nitrogens with zero attached hydrogens (tertiary/aromatic N) is 2. The van der Waals surface area contributed by atoms with Crippen molar-refractivity contribution in [1.82, 2.24) is 9.88 Å². The van der Waals surface area contributed by atoms with Crippen LogP contribution < -0.4 is 9.47 Å². The molecule has 0 bridgehead atoms. The summed E-state index contributed by atoms with van der Waals surface area (Å²) in [6.07, 6.45) is 2.46. The number of benzene rings is 2. The predicted molar refractivity (Wildman–Crippen MR) is 147 cm³/mol. The van der Waals surface area contributed by atoms with Gasteiger partial charge in [-0.15, -0.1) is 0 Å². The number of aliphatic hydroxyl groups excluding tert-OH is 1. The Kier molecular flexibility index (Phi) is 8.35. The Labute approximate surface area is 233 Å². The van der Waals surface area contributed by atoms with Crippen LogP contribution in [0.4, 0.5) is 4.39 Å². The lowest BCUT2D eigenvalue weighted by atomic mass is 9.91. The molecule has 40 heavy (non-hydrogen) atoms. The van der Waals surface area contributed by atoms with Gasteiger partial charge >= 0.3 is 5.97 Å². The molecule has 3 aromatic rings. The normalized spacial score (nSPS) is 20.4. The Balaban J connectivity index is 1.46. The first-order valence-electron chi connectivity index (χ1n) is 13.6. The molecule has 2 aromatic carbocycles. The van der Waals surface area contributed by atoms with Crippen LogP contribution in [0.5, 0.6) is 11.6 Å². The van der Waals surface area contributed by atoms with Gasteiger partial charge < -0.3 is 24.4 Å². The molecule has 0 saturated carbocycles. The lowest BCUT2D eigenvalue weighted by Gasteiger charge is -2.29. The molecule has 9 heteroatoms. The maximum Gasteiger partial charge on any atom is 0.309 e. The summed E-state index contributed by atoms with van der Waals surface area (Å²) < 4.78 is 32.2. The van der Waals surface area contributed by atoms with Crippen molar-refractivity contribution >= 4 is 5.97 Å². The second kappa shape index (κ2) is 11.9. The monoisotopic (exact) mass is 550 g/mol. The number of rotatable bonds is 9. The van der Waals surface area contributed by atoms with Crippen LogP contribution in [0.2, 0.25) is 0 Å². The summed E-state index contributed by atoms with van der Waals surface area (Å²) in [5, 5.41) is 19.9. The Morgan fingerprint density at radius 3 is 2.73 bits per heavy atom. The molecule has 1 aromatic heterocycles. The number of likely N-dealkylation sites (tertiary alicyclic amines) is 1. The molecule has 2 N–H and O–H groups in total. The Morgan fingerprint density at radius 2 is 2.00 bits per heavy atom. The molecule has 0 spiro atoms. The van der Waals surface area contributed by atoms with Gasteiger partial charge in [-0.25, -0.2) is 9.37 Å². The number of fused-ring (bicyclic) bond motifs is 1. The Bertz CT molecular complexity index is 1380. The van der Waals surface area contributed by atoms with Crippen molar-refractivity contribution in [2.75, 3.05) is 27.3 Å². The number of pyridine rings is 1. The van der Waals surface area contributed by atoms with Gasteiger partial charge in [-0.1, -0.05) is 30.3 Å². The summed E-state index contributed by atoms with van der Waals surface area (Å²) >= 11 is 0. The number of aromatic nitrogens is 1. The molecule has 8 nitrogen and oxygen atoms in total. The van der Waals surface area contributed by atoms with E-state index < -0.39 is 23.8 Å². The fraction of sp³-hybridized carbons (Fsp3) is 0.419. The van der Waals surface area contributed by atoms with Gasteiger partial charge in [0, 0.05) is 38.4 Å². The Morgan fingerprint density at radius 1 is 1.18 bits per heavy atom. The molecule has 1 fully saturated rings. The van der Waals surface area contributed by atoms with Gasteiger partial charge in [0.2, 0.25) is 5.88 Å². The highest BCUT2D eigenvalue weighted by atomic mass is 19.1. The fourth-order valence-electron chi connectivity index (χ4n) is 5.55. The van der Waals surface area contributed by atoms with Crippen LogP contribution >= 0.6 is 0 Å². The van der Waals surface area contributed by atoms with E-state index in [0.717, 1.165) is 54.6 Å². The van der Waals surface area contributed by atoms with Crippen LogP contribution in [0.15, 0.2) is 48.7 Å². The predicted octanol–water partition coefficient (Wildman–Crippen LogP) is 4.94. The third-order valence-electron chi connectivity index (χ3n) is 8.03. The molecule has 212 valence electrons. The lowest BCUT2D eigenvalue weighted by molar-refractivity contribution is -0.145. The highest BCUT2D eigenvalue weighted by Crippen LogP contribution is 2.39. The summed E-state index contributed by atoms with van der Waals surface area (Å²) in [6, 6.07) is 13.0. The zero-order valence-corrected chi connectivity index (χ0v) is 23.0. The molecule has 3 heterocycles. The number of aryl methyl sites for hydroxylation is 1. The SMILES string of the molecule is COc1cc(-c2ccc(C3CCc4ccc([C@H](O)[C@H](C)C(=O)O)cc4O3)cc2CN2CC[C@@H](OC)C2)c(F)cn1. The van der Waals surface area contributed by atoms with E-state index in [1.807, 2.05) is 18.2 Å². The first-order valence-corrected chi connectivity index (χ1v) is 13.6. The lowest BCUT2D eigenvalue weighted by Crippen LogP contribution is -2.23. The van der Waals surface area contributed by atoms with Crippen LogP contribution in [-0.2, 0) is 22.5 Å². The quantitative estimate of drug-likeness (QED) is 0.387. The zero-order valence-electron chi connectivity index (χ0n) is 23.0. The molecular formula is C31H35FN2O6. The maximum atomic E-state index is 15.0. The first-order chi connectivity index (χ1) is 19.3. The number of carboxylic acid groups (broad SMARTS) is 1. The van der Waals surface area contributed by atoms with E-state index in [-0.39, 0.29) is 12.2 Å². The number of hydrogen-bond donors (Lipinski definition) is 2. The average molecular weight is 551 g/mol. The number of ether oxygens (including phenoxy) is 3. The minimum absolute atomic E-state index is 0.177. The third kappa shape index (κ3) is 5.82. The highest BCUT2D eigenvalue weighted by molar-refractivity contribution is 5.71. The van der Waals surface area contributed by atoms with Crippen molar-refractivity contribution < 1.29 is 33.6 Å². The van der Waals surface area contributed by atoms with Gasteiger partial charge in [-0.3, -0.25) is 9.69 Å². The summed E-state index contributed by atoms with van der Waals surface area (Å²) in [6.45, 7) is 3.79. The van der Waals surface area contributed by atoms with E-state index in [0.29, 0.717) is 29.3 Å². The maximum absolute atomic E-state index is 15.0. The van der Waals surface area contributed by atoms with E-state index in [4.69, 9.17) is 14.2 Å². The van der Waals surface area contributed by atoms with Crippen LogP contribution in [0, 0.1) is 11.7 Å². The molecule has 1 unspecified atom stereocenters. The average Bonchev–Trinajstić information content (AvgIpc) is 3.43. The van der Waals surface area contributed by atoms with E-state index in [1.54, 1.807) is 25.3 Å². The largest absolute Gasteiger partial charge is 0.485 e. The summed E-state index contributed by atoms with van der Waals surface area (Å²) in [5.74, 6) is -1.44. The van der Waals surface area contributed by atoms with Crippen LogP contribution in [0.3, 0.4) is 0 Å². The number of aliphatic carboxylic acids is 1. The summed E-state index contributed by atoms with van der Waals surface area (Å²) in [5.41, 5.74) is 4.66. The van der Waals surface area contributed by atoms with Gasteiger partial charge in [-0.05, 0) is 60.1 Å². The standard InChI is InChI=1S/C31H35FN2O6/c1-18(31(36)37)30(35)21-5-4-19-7-9-27(40-28(19)13-21)20-6-8-24(25-14-29(39-3)33-15-26(25)32)22(12-20)16-34-11-10-23(17-34)38-2/h4-6,8,12-15,18,23,27,30,35H,7,9-11,16-17H2,1-3H3,(H,36,37)/t18-,23+,27?,30+/m0/s1. The minimum Gasteiger partial charge on any atom is -0.485 e. The molecule has 1 saturated heterocycles. The molecule has 0 amide bonds. The molecule has 4 atom stereocenters. The summed E-state index contributed by atoms with van der Waals surface area (Å²) in [4.78, 5) is 17.7. The van der Waals surface area contributed by atoms with Crippen molar-refractivity contribution in [2.45, 2.75) is 51.0 Å². The number of hydrogen-bond acceptors (Lipinski definition) is 7. The molecule has 2 aliphatic heterocycles. The smallest absolute Gasteiger partial charge is 0.309 e. The van der Waals surface area contributed by atoms with Gasteiger partial charge in [0.1, 0.15) is 17.7 Å². The van der Waals surface area contributed by atoms with Crippen LogP contribution in [-0.4, -0.2) is 59.5 Å². The summed E-state index contributed by atoms with van der Waals surface area (Å²) in [7, 11) is 3.23. The second-order valence-electron chi connectivity index (χ2n) is 10.6. The van der Waals surface area contributed by atoms with Gasteiger partial charge in [-0.2, -0.15) is 0 Å². The van der Waals surface area contributed by atoms with Crippen molar-refractivity contribution in [3.05, 3.63) is 76.7 Å². The molecular weight excluding hydrogens is 515 g/mol. The van der Waals surface area contributed by atoms with Crippen LogP contribution in [0.25, 0.3) is 11.1 Å². The first kappa shape index (κ1) is 28.0. The van der Waals surface area contributed by atoms with Crippen LogP contribution in [0.1, 0.15) is 54.2 Å². The molecule has 5 rings (SSSR count). The van der Waals surface area contributed by atoms with Crippen molar-refractivity contribution in [3.63, 3.8) is 0 Å². The zero-order chi connectivity index (χ0) is 28.4. The Hall–Kier alpha value is -3.53. The highest BCUT2D eigenvalue weighted by Gasteiger charge is 2.28. The van der Waals surface area contributed by atoms with Crippen molar-refractivity contribution in [2.24, 2.45) is 5.92 Å². The topological polar surface area (TPSA) is 101 Å². The minimum atomic E-state index is -1.14. The third-order valence-corrected chi connectivity index (χ3v) is 8.03.